The number of aromatic nitrogens is 2. The minimum atomic E-state index is -0.288. The molecule has 10 aromatic rings. The van der Waals surface area contributed by atoms with Gasteiger partial charge in [0, 0.05) is 55.5 Å². The van der Waals surface area contributed by atoms with Gasteiger partial charge in [0.15, 0.2) is 0 Å². The van der Waals surface area contributed by atoms with Gasteiger partial charge in [0.05, 0.1) is 22.1 Å². The van der Waals surface area contributed by atoms with Crippen LogP contribution in [0, 0.1) is 0 Å². The molecule has 8 aromatic carbocycles. The second-order valence-electron chi connectivity index (χ2n) is 14.0. The molecule has 0 unspecified atom stereocenters. The van der Waals surface area contributed by atoms with Gasteiger partial charge in [-0.1, -0.05) is 109 Å². The van der Waals surface area contributed by atoms with Crippen LogP contribution in [0.2, 0.25) is 0 Å². The summed E-state index contributed by atoms with van der Waals surface area (Å²) in [7, 11) is 0. The van der Waals surface area contributed by atoms with Crippen molar-refractivity contribution >= 4 is 61.5 Å². The predicted molar refractivity (Wildman–Crippen MR) is 218 cm³/mol. The molecular weight excluding hydrogens is 647 g/mol. The molecule has 0 amide bonds. The van der Waals surface area contributed by atoms with Crippen LogP contribution in [0.5, 0.6) is 17.2 Å². The topological polar surface area (TPSA) is 28.3 Å². The number of nitrogens with zero attached hydrogens (tertiary/aromatic N) is 2. The number of rotatable bonds is 3. The second-order valence-corrected chi connectivity index (χ2v) is 14.0. The van der Waals surface area contributed by atoms with E-state index in [1.165, 1.54) is 43.6 Å². The SMILES string of the molecule is c1cc(-c2ccc3c(c2)Oc2cccc4c2B3Oc2cc(-n3c5ccccc5c5ccccc53)ccc2-4)cc(-n2c3ccccc3c3ccccc32)c1. The Bertz CT molecular complexity index is 3050. The first-order valence-corrected chi connectivity index (χ1v) is 18.1. The van der Waals surface area contributed by atoms with Gasteiger partial charge in [-0.15, -0.1) is 0 Å². The number of hydrogen-bond donors (Lipinski definition) is 0. The molecule has 246 valence electrons. The molecule has 0 radical (unpaired) electrons. The zero-order valence-electron chi connectivity index (χ0n) is 28.5. The average molecular weight is 677 g/mol. The zero-order valence-corrected chi connectivity index (χ0v) is 28.5. The molecule has 5 heteroatoms. The Morgan fingerprint density at radius 2 is 0.943 bits per heavy atom. The van der Waals surface area contributed by atoms with Gasteiger partial charge in [-0.25, -0.2) is 0 Å². The lowest BCUT2D eigenvalue weighted by atomic mass is 9.51. The quantitative estimate of drug-likeness (QED) is 0.174. The maximum absolute atomic E-state index is 7.03. The third-order valence-electron chi connectivity index (χ3n) is 11.2. The number of benzene rings is 8. The zero-order chi connectivity index (χ0) is 34.6. The van der Waals surface area contributed by atoms with Crippen LogP contribution in [0.1, 0.15) is 0 Å². The van der Waals surface area contributed by atoms with E-state index in [1.54, 1.807) is 0 Å². The summed E-state index contributed by atoms with van der Waals surface area (Å²) in [4.78, 5) is 0. The summed E-state index contributed by atoms with van der Waals surface area (Å²) in [6.07, 6.45) is 0. The summed E-state index contributed by atoms with van der Waals surface area (Å²) in [6, 6.07) is 62.8. The third-order valence-corrected chi connectivity index (χ3v) is 11.2. The van der Waals surface area contributed by atoms with Gasteiger partial charge in [0.25, 0.3) is 0 Å². The highest BCUT2D eigenvalue weighted by Gasteiger charge is 2.40. The number of ether oxygens (including phenoxy) is 1. The Morgan fingerprint density at radius 3 is 1.58 bits per heavy atom. The first kappa shape index (κ1) is 28.7. The molecule has 4 heterocycles. The molecule has 0 aliphatic carbocycles. The van der Waals surface area contributed by atoms with Gasteiger partial charge < -0.3 is 18.5 Å². The average Bonchev–Trinajstić information content (AvgIpc) is 3.74. The largest absolute Gasteiger partial charge is 0.551 e. The molecule has 0 bridgehead atoms. The minimum absolute atomic E-state index is 0.288. The summed E-state index contributed by atoms with van der Waals surface area (Å²) in [6.45, 7) is -0.288. The van der Waals surface area contributed by atoms with Crippen LogP contribution in [0.25, 0.3) is 77.2 Å². The van der Waals surface area contributed by atoms with Crippen LogP contribution in [0.3, 0.4) is 0 Å². The van der Waals surface area contributed by atoms with E-state index in [-0.39, 0.29) is 6.92 Å². The fourth-order valence-electron chi connectivity index (χ4n) is 8.88. The van der Waals surface area contributed by atoms with Gasteiger partial charge in [-0.05, 0) is 77.4 Å². The van der Waals surface area contributed by atoms with E-state index < -0.39 is 0 Å². The minimum Gasteiger partial charge on any atom is -0.551 e. The highest BCUT2D eigenvalue weighted by atomic mass is 16.5. The van der Waals surface area contributed by atoms with E-state index in [9.17, 15) is 0 Å². The predicted octanol–water partition coefficient (Wildman–Crippen LogP) is 10.8. The normalized spacial score (nSPS) is 12.8. The molecule has 2 aliphatic rings. The van der Waals surface area contributed by atoms with Gasteiger partial charge in [0.1, 0.15) is 17.2 Å². The fourth-order valence-corrected chi connectivity index (χ4v) is 8.88. The first-order chi connectivity index (χ1) is 26.3. The summed E-state index contributed by atoms with van der Waals surface area (Å²) < 4.78 is 18.4. The molecule has 0 spiro atoms. The molecule has 0 atom stereocenters. The van der Waals surface area contributed by atoms with E-state index in [0.29, 0.717) is 0 Å². The van der Waals surface area contributed by atoms with Crippen molar-refractivity contribution < 1.29 is 9.39 Å². The molecule has 2 aliphatic heterocycles. The second kappa shape index (κ2) is 10.8. The monoisotopic (exact) mass is 676 g/mol. The van der Waals surface area contributed by atoms with Crippen LogP contribution in [-0.4, -0.2) is 16.0 Å². The molecular formula is C48H29BN2O2. The Morgan fingerprint density at radius 1 is 0.377 bits per heavy atom. The lowest BCUT2D eigenvalue weighted by molar-refractivity contribution is 0.479. The third kappa shape index (κ3) is 4.07. The van der Waals surface area contributed by atoms with Crippen molar-refractivity contribution in [3.63, 3.8) is 0 Å². The van der Waals surface area contributed by atoms with Gasteiger partial charge in [0.2, 0.25) is 0 Å². The van der Waals surface area contributed by atoms with Crippen LogP contribution in [0.15, 0.2) is 176 Å². The Labute approximate surface area is 305 Å². The van der Waals surface area contributed by atoms with Crippen molar-refractivity contribution in [2.24, 2.45) is 0 Å². The lowest BCUT2D eigenvalue weighted by Crippen LogP contribution is -2.53. The van der Waals surface area contributed by atoms with Gasteiger partial charge in [-0.3, -0.25) is 0 Å². The van der Waals surface area contributed by atoms with E-state index in [0.717, 1.165) is 61.8 Å². The standard InChI is InChI=1S/C48H29BN2O2/c1-5-18-41-34(13-1)35-14-2-6-19-42(35)50(41)32-12-9-11-30(27-32)31-23-26-40-47(28-31)52-45-22-10-17-39-38-25-24-33(29-46(38)53-49(40)48(39)45)51-43-20-7-3-15-36(43)37-16-4-8-21-44(37)51/h1-29H. The van der Waals surface area contributed by atoms with Crippen molar-refractivity contribution in [2.75, 3.05) is 0 Å². The van der Waals surface area contributed by atoms with E-state index >= 15 is 0 Å². The Balaban J connectivity index is 0.961. The van der Waals surface area contributed by atoms with Crippen molar-refractivity contribution in [1.29, 1.82) is 0 Å². The molecule has 0 fully saturated rings. The molecule has 4 nitrogen and oxygen atoms in total. The maximum atomic E-state index is 7.03. The van der Waals surface area contributed by atoms with Crippen LogP contribution in [0.4, 0.5) is 0 Å². The van der Waals surface area contributed by atoms with Crippen LogP contribution < -0.4 is 20.3 Å². The summed E-state index contributed by atoms with van der Waals surface area (Å²) >= 11 is 0. The molecule has 0 saturated carbocycles. The van der Waals surface area contributed by atoms with Crippen molar-refractivity contribution in [2.45, 2.75) is 0 Å². The van der Waals surface area contributed by atoms with E-state index in [1.807, 2.05) is 0 Å². The fraction of sp³-hybridized carbons (Fsp3) is 0. The van der Waals surface area contributed by atoms with Crippen LogP contribution >= 0.6 is 0 Å². The van der Waals surface area contributed by atoms with Gasteiger partial charge in [-0.2, -0.15) is 0 Å². The van der Waals surface area contributed by atoms with E-state index in [2.05, 4.69) is 185 Å². The Kier molecular flexibility index (Phi) is 5.83. The van der Waals surface area contributed by atoms with Gasteiger partial charge >= 0.3 is 6.92 Å². The van der Waals surface area contributed by atoms with Crippen molar-refractivity contribution in [3.8, 4) is 50.9 Å². The summed E-state index contributed by atoms with van der Waals surface area (Å²) in [5.41, 5.74) is 13.5. The highest BCUT2D eigenvalue weighted by Crippen LogP contribution is 2.42. The summed E-state index contributed by atoms with van der Waals surface area (Å²) in [5, 5.41) is 4.99. The molecule has 0 N–H and O–H groups in total. The number of para-hydroxylation sites is 4. The smallest absolute Gasteiger partial charge is 0.434 e. The Hall–Kier alpha value is -6.98. The number of hydrogen-bond acceptors (Lipinski definition) is 2. The van der Waals surface area contributed by atoms with Crippen molar-refractivity contribution in [1.82, 2.24) is 9.13 Å². The lowest BCUT2D eigenvalue weighted by Gasteiger charge is -2.33. The summed E-state index contributed by atoms with van der Waals surface area (Å²) in [5.74, 6) is 2.53. The molecule has 53 heavy (non-hydrogen) atoms. The highest BCUT2D eigenvalue weighted by molar-refractivity contribution is 6.84. The molecule has 0 saturated heterocycles. The van der Waals surface area contributed by atoms with E-state index in [4.69, 9.17) is 9.39 Å². The number of fused-ring (bicyclic) bond motifs is 10. The van der Waals surface area contributed by atoms with Crippen LogP contribution in [-0.2, 0) is 0 Å². The van der Waals surface area contributed by atoms with Crippen molar-refractivity contribution in [3.05, 3.63) is 176 Å². The molecule has 12 rings (SSSR count). The first-order valence-electron chi connectivity index (χ1n) is 18.1. The maximum Gasteiger partial charge on any atom is 0.434 e. The molecule has 2 aromatic heterocycles.